The number of sulfone groups is 1. The summed E-state index contributed by atoms with van der Waals surface area (Å²) >= 11 is 0. The maximum atomic E-state index is 12.6. The number of hydrogen-bond acceptors (Lipinski definition) is 22. The molecule has 0 amide bonds. The van der Waals surface area contributed by atoms with Crippen molar-refractivity contribution in [3.63, 3.8) is 0 Å². The van der Waals surface area contributed by atoms with Gasteiger partial charge in [-0.1, -0.05) is 24.3 Å². The molecule has 0 fully saturated rings. The fourth-order valence-electron chi connectivity index (χ4n) is 6.11. The van der Waals surface area contributed by atoms with Crippen molar-refractivity contribution in [2.24, 2.45) is 30.7 Å². The number of aromatic hydroxyl groups is 2. The number of fused-ring (bicyclic) bond motifs is 1. The first-order chi connectivity index (χ1) is 32.8. The van der Waals surface area contributed by atoms with Crippen LogP contribution in [0.5, 0.6) is 11.5 Å². The van der Waals surface area contributed by atoms with Gasteiger partial charge in [0.2, 0.25) is 0 Å². The first-order valence-corrected chi connectivity index (χ1v) is 27.6. The quantitative estimate of drug-likeness (QED) is 0.0201. The topological polar surface area (TPSA) is 456 Å². The molecule has 33 heteroatoms. The molecule has 71 heavy (non-hydrogen) atoms. The summed E-state index contributed by atoms with van der Waals surface area (Å²) in [6, 6.07) is 16.9. The molecule has 0 heterocycles. The highest BCUT2D eigenvalue weighted by Crippen LogP contribution is 2.48. The third kappa shape index (κ3) is 13.2. The van der Waals surface area contributed by atoms with Crippen LogP contribution in [-0.2, 0) is 64.9 Å². The molecule has 0 bridgehead atoms. The molecule has 6 aromatic rings. The first kappa shape index (κ1) is 53.3. The van der Waals surface area contributed by atoms with Gasteiger partial charge in [0.05, 0.1) is 51.1 Å². The van der Waals surface area contributed by atoms with Crippen molar-refractivity contribution in [3.05, 3.63) is 108 Å². The van der Waals surface area contributed by atoms with Crippen LogP contribution in [0.3, 0.4) is 0 Å². The van der Waals surface area contributed by atoms with Crippen LogP contribution >= 0.6 is 0 Å². The second-order valence-corrected chi connectivity index (χ2v) is 22.9. The molecule has 0 aromatic heterocycles. The van der Waals surface area contributed by atoms with Gasteiger partial charge in [-0.3, -0.25) is 22.8 Å². The molecular formula is C38H31N7O20S6. The maximum absolute atomic E-state index is 12.6. The number of phenolic OH excluding ortho intramolecular Hbond substituents is 2. The van der Waals surface area contributed by atoms with Crippen molar-refractivity contribution in [3.8, 4) is 11.5 Å². The molecule has 6 aromatic carbocycles. The van der Waals surface area contributed by atoms with Gasteiger partial charge in [0.25, 0.3) is 40.5 Å². The normalized spacial score (nSPS) is 13.4. The molecule has 374 valence electrons. The number of hydrogen-bond donors (Lipinski definition) is 8. The zero-order valence-electron chi connectivity index (χ0n) is 35.0. The third-order valence-corrected chi connectivity index (χ3v) is 15.0. The number of azo groups is 3. The smallest absolute Gasteiger partial charge is 0.397 e. The Balaban J connectivity index is 1.38. The maximum Gasteiger partial charge on any atom is 0.397 e. The molecule has 0 radical (unpaired) electrons. The Morgan fingerprint density at radius 3 is 1.34 bits per heavy atom. The van der Waals surface area contributed by atoms with Crippen LogP contribution < -0.4 is 5.73 Å². The number of anilines is 1. The highest BCUT2D eigenvalue weighted by atomic mass is 32.3. The van der Waals surface area contributed by atoms with Gasteiger partial charge in [-0.05, 0) is 101 Å². The molecule has 0 atom stereocenters. The third-order valence-electron chi connectivity index (χ3n) is 9.30. The Hall–Kier alpha value is -7.02. The summed E-state index contributed by atoms with van der Waals surface area (Å²) in [4.78, 5) is -4.33. The zero-order chi connectivity index (χ0) is 52.5. The fourth-order valence-corrected chi connectivity index (χ4v) is 10.3. The van der Waals surface area contributed by atoms with Crippen LogP contribution in [0.25, 0.3) is 22.9 Å². The summed E-state index contributed by atoms with van der Waals surface area (Å²) in [5.41, 5.74) is 2.48. The van der Waals surface area contributed by atoms with Crippen LogP contribution in [0.1, 0.15) is 11.1 Å². The summed E-state index contributed by atoms with van der Waals surface area (Å²) in [6.45, 7) is -0.935. The Labute approximate surface area is 401 Å². The number of nitrogens with two attached hydrogens (primary N) is 1. The van der Waals surface area contributed by atoms with E-state index >= 15 is 0 Å². The fraction of sp³-hybridized carbons (Fsp3) is 0.0526. The number of benzene rings is 6. The van der Waals surface area contributed by atoms with Crippen LogP contribution in [0.15, 0.2) is 152 Å². The van der Waals surface area contributed by atoms with Gasteiger partial charge in [-0.2, -0.15) is 62.5 Å². The van der Waals surface area contributed by atoms with Gasteiger partial charge in [0, 0.05) is 0 Å². The summed E-state index contributed by atoms with van der Waals surface area (Å²) in [7, 11) is -30.0. The Kier molecular flexibility index (Phi) is 15.0. The minimum Gasteiger partial charge on any atom is -0.508 e. The Morgan fingerprint density at radius 1 is 0.479 bits per heavy atom. The van der Waals surface area contributed by atoms with Gasteiger partial charge in [0.15, 0.2) is 15.6 Å². The molecule has 0 aliphatic rings. The van der Waals surface area contributed by atoms with E-state index in [0.29, 0.717) is 18.2 Å². The van der Waals surface area contributed by atoms with Crippen LogP contribution in [-0.4, -0.2) is 95.8 Å². The molecule has 0 aliphatic heterocycles. The summed E-state index contributed by atoms with van der Waals surface area (Å²) < 4.78 is 200. The monoisotopic (exact) mass is 1100 g/mol. The van der Waals surface area contributed by atoms with Crippen LogP contribution in [0, 0.1) is 0 Å². The molecule has 0 saturated carbocycles. The van der Waals surface area contributed by atoms with Crippen LogP contribution in [0.2, 0.25) is 0 Å². The number of nitrogens with zero attached hydrogens (tertiary/aromatic N) is 6. The number of nitrogen functional groups attached to an aromatic ring is 1. The van der Waals surface area contributed by atoms with Gasteiger partial charge < -0.3 is 15.9 Å². The Bertz CT molecular complexity index is 3960. The molecule has 0 aliphatic carbocycles. The molecule has 27 nitrogen and oxygen atoms in total. The van der Waals surface area contributed by atoms with Crippen molar-refractivity contribution in [1.29, 1.82) is 0 Å². The minimum absolute atomic E-state index is 0.0476. The molecule has 9 N–H and O–H groups in total. The lowest BCUT2D eigenvalue weighted by atomic mass is 10.1. The van der Waals surface area contributed by atoms with Crippen LogP contribution in [0.4, 0.5) is 39.8 Å². The zero-order valence-corrected chi connectivity index (χ0v) is 39.9. The van der Waals surface area contributed by atoms with Crippen molar-refractivity contribution in [1.82, 2.24) is 0 Å². The number of rotatable bonds is 17. The first-order valence-electron chi connectivity index (χ1n) is 18.8. The standard InChI is InChI=1S/C38H31N7O20S6/c39-35-34-23(17-32(69(56,57)58)36(35)44-41-25-9-13-29(14-10-25)66(48,49)16-15-65-71(62,63)64)18-33(70(59,60)61)37(38(34)47)45-43-27-6-4-22(31(20-27)68(53,54)55)2-1-21-3-5-26(19-30(21)67(50,51)52)42-40-24-7-11-28(46)12-8-24/h1-14,17-20,46-47H,15-16,39H2,(H,50,51,52)(H,53,54,55)(H,56,57,58)(H,59,60,61)(H,62,63,64)/b2-1+,42-40+,44-41+,45-43+. The van der Waals surface area contributed by atoms with Gasteiger partial charge >= 0.3 is 10.4 Å². The molecule has 0 unspecified atom stereocenters. The van der Waals surface area contributed by atoms with E-state index in [1.54, 1.807) is 0 Å². The van der Waals surface area contributed by atoms with Crippen molar-refractivity contribution in [2.45, 2.75) is 24.5 Å². The molecule has 0 spiro atoms. The minimum atomic E-state index is -5.42. The SMILES string of the molecule is Nc1c(/N=N/c2ccc(S(=O)(=O)CCOS(=O)(=O)O)cc2)c(S(=O)(=O)O)cc2cc(S(=O)(=O)O)c(/N=N/c3ccc(/C=C/c4ccc(/N=N/c5ccc(O)cc5)cc4S(=O)(=O)O)c(S(=O)(=O)O)c3)c(O)c12. The lowest BCUT2D eigenvalue weighted by Crippen LogP contribution is -2.15. The molecular weight excluding hydrogens is 1070 g/mol. The van der Waals surface area contributed by atoms with E-state index in [9.17, 15) is 78.9 Å². The van der Waals surface area contributed by atoms with E-state index in [-0.39, 0.29) is 38.8 Å². The van der Waals surface area contributed by atoms with E-state index < -0.39 is 132 Å². The van der Waals surface area contributed by atoms with E-state index in [0.717, 1.165) is 54.6 Å². The second kappa shape index (κ2) is 20.0. The van der Waals surface area contributed by atoms with E-state index in [1.807, 2.05) is 0 Å². The lowest BCUT2D eigenvalue weighted by molar-refractivity contribution is 0.284. The summed E-state index contributed by atoms with van der Waals surface area (Å²) in [5.74, 6) is -2.16. The molecule has 0 saturated heterocycles. The van der Waals surface area contributed by atoms with Gasteiger partial charge in [-0.15, -0.1) is 10.2 Å². The van der Waals surface area contributed by atoms with Crippen molar-refractivity contribution in [2.75, 3.05) is 18.1 Å². The average Bonchev–Trinajstić information content (AvgIpc) is 3.25. The predicted octanol–water partition coefficient (Wildman–Crippen LogP) is 6.83. The highest BCUT2D eigenvalue weighted by molar-refractivity contribution is 7.91. The second-order valence-electron chi connectivity index (χ2n) is 14.2. The molecule has 6 rings (SSSR count). The van der Waals surface area contributed by atoms with E-state index in [4.69, 9.17) is 10.3 Å². The highest BCUT2D eigenvalue weighted by Gasteiger charge is 2.28. The van der Waals surface area contributed by atoms with Gasteiger partial charge in [0.1, 0.15) is 36.7 Å². The van der Waals surface area contributed by atoms with Crippen molar-refractivity contribution >= 4 is 123 Å². The average molecular weight is 1100 g/mol. The summed E-state index contributed by atoms with van der Waals surface area (Å²) in [6.07, 6.45) is 2.07. The van der Waals surface area contributed by atoms with Gasteiger partial charge in [-0.25, -0.2) is 12.6 Å². The lowest BCUT2D eigenvalue weighted by Gasteiger charge is -2.14. The van der Waals surface area contributed by atoms with Crippen molar-refractivity contribution < 1.29 is 87.7 Å². The largest absolute Gasteiger partial charge is 0.508 e. The number of phenols is 2. The Morgan fingerprint density at radius 2 is 0.873 bits per heavy atom. The predicted molar refractivity (Wildman–Crippen MR) is 248 cm³/mol. The van der Waals surface area contributed by atoms with E-state index in [1.165, 1.54) is 36.4 Å². The summed E-state index contributed by atoms with van der Waals surface area (Å²) in [5, 5.41) is 42.4. The van der Waals surface area contributed by atoms with E-state index in [2.05, 4.69) is 34.9 Å².